The zero-order valence-corrected chi connectivity index (χ0v) is 13.4. The van der Waals surface area contributed by atoms with E-state index in [0.29, 0.717) is 24.3 Å². The summed E-state index contributed by atoms with van der Waals surface area (Å²) < 4.78 is 42.0. The third kappa shape index (κ3) is 5.70. The molecule has 1 aliphatic rings. The minimum absolute atomic E-state index is 0.241. The standard InChI is InChI=1S/C17H24F3NO2/c1-21(15-8-6-13(11-22)7-9-15)10-14-4-2-3-5-16(14)23-12-17(18,19)20/h2-5,13,15,22H,6-12H2,1H3. The molecular formula is C17H24F3NO2. The number of nitrogens with zero attached hydrogens (tertiary/aromatic N) is 1. The lowest BCUT2D eigenvalue weighted by atomic mass is 9.86. The van der Waals surface area contributed by atoms with Gasteiger partial charge in [0.2, 0.25) is 0 Å². The number of para-hydroxylation sites is 1. The van der Waals surface area contributed by atoms with Crippen LogP contribution in [0.15, 0.2) is 24.3 Å². The summed E-state index contributed by atoms with van der Waals surface area (Å²) in [7, 11) is 1.99. The number of halogens is 3. The molecule has 0 bridgehead atoms. The van der Waals surface area contributed by atoms with Gasteiger partial charge in [-0.1, -0.05) is 18.2 Å². The van der Waals surface area contributed by atoms with Crippen LogP contribution < -0.4 is 4.74 Å². The molecule has 1 fully saturated rings. The minimum atomic E-state index is -4.33. The van der Waals surface area contributed by atoms with Crippen molar-refractivity contribution >= 4 is 0 Å². The molecule has 0 unspecified atom stereocenters. The maximum absolute atomic E-state index is 12.3. The number of hydrogen-bond acceptors (Lipinski definition) is 3. The van der Waals surface area contributed by atoms with Crippen molar-refractivity contribution in [3.8, 4) is 5.75 Å². The Morgan fingerprint density at radius 1 is 1.17 bits per heavy atom. The molecule has 2 rings (SSSR count). The van der Waals surface area contributed by atoms with E-state index < -0.39 is 12.8 Å². The molecule has 23 heavy (non-hydrogen) atoms. The zero-order chi connectivity index (χ0) is 16.9. The van der Waals surface area contributed by atoms with Crippen molar-refractivity contribution in [2.45, 2.75) is 44.4 Å². The molecule has 0 atom stereocenters. The summed E-state index contributed by atoms with van der Waals surface area (Å²) in [5, 5.41) is 9.19. The first kappa shape index (κ1) is 18.1. The molecular weight excluding hydrogens is 307 g/mol. The molecule has 0 spiro atoms. The van der Waals surface area contributed by atoms with E-state index in [1.54, 1.807) is 12.1 Å². The average Bonchev–Trinajstić information content (AvgIpc) is 2.53. The van der Waals surface area contributed by atoms with Crippen molar-refractivity contribution in [3.05, 3.63) is 29.8 Å². The van der Waals surface area contributed by atoms with E-state index in [0.717, 1.165) is 31.2 Å². The Morgan fingerprint density at radius 2 is 1.83 bits per heavy atom. The number of aliphatic hydroxyl groups excluding tert-OH is 1. The predicted octanol–water partition coefficient (Wildman–Crippen LogP) is 3.61. The van der Waals surface area contributed by atoms with E-state index in [2.05, 4.69) is 4.90 Å². The summed E-state index contributed by atoms with van der Waals surface area (Å²) in [6, 6.07) is 7.28. The van der Waals surface area contributed by atoms with Gasteiger partial charge < -0.3 is 9.84 Å². The van der Waals surface area contributed by atoms with Gasteiger partial charge in [0.25, 0.3) is 0 Å². The highest BCUT2D eigenvalue weighted by Gasteiger charge is 2.29. The summed E-state index contributed by atoms with van der Waals surface area (Å²) >= 11 is 0. The van der Waals surface area contributed by atoms with Gasteiger partial charge >= 0.3 is 6.18 Å². The molecule has 0 amide bonds. The van der Waals surface area contributed by atoms with Crippen LogP contribution in [0.5, 0.6) is 5.75 Å². The molecule has 3 nitrogen and oxygen atoms in total. The van der Waals surface area contributed by atoms with Gasteiger partial charge in [-0.25, -0.2) is 0 Å². The fraction of sp³-hybridized carbons (Fsp3) is 0.647. The van der Waals surface area contributed by atoms with Gasteiger partial charge in [0.05, 0.1) is 0 Å². The maximum atomic E-state index is 12.3. The largest absolute Gasteiger partial charge is 0.484 e. The van der Waals surface area contributed by atoms with Crippen LogP contribution >= 0.6 is 0 Å². The summed E-state index contributed by atoms with van der Waals surface area (Å²) in [4.78, 5) is 2.17. The van der Waals surface area contributed by atoms with Crippen LogP contribution in [0.25, 0.3) is 0 Å². The lowest BCUT2D eigenvalue weighted by Crippen LogP contribution is -2.35. The van der Waals surface area contributed by atoms with E-state index in [9.17, 15) is 18.3 Å². The van der Waals surface area contributed by atoms with Crippen LogP contribution in [0.1, 0.15) is 31.2 Å². The van der Waals surface area contributed by atoms with Gasteiger partial charge in [0.15, 0.2) is 6.61 Å². The normalized spacial score (nSPS) is 22.3. The Bertz CT molecular complexity index is 485. The fourth-order valence-electron chi connectivity index (χ4n) is 3.10. The topological polar surface area (TPSA) is 32.7 Å². The molecule has 0 saturated heterocycles. The quantitative estimate of drug-likeness (QED) is 0.864. The van der Waals surface area contributed by atoms with Gasteiger partial charge in [0, 0.05) is 24.8 Å². The van der Waals surface area contributed by atoms with Crippen molar-refractivity contribution in [1.29, 1.82) is 0 Å². The molecule has 1 aromatic carbocycles. The second-order valence-corrected chi connectivity index (χ2v) is 6.28. The second-order valence-electron chi connectivity index (χ2n) is 6.28. The van der Waals surface area contributed by atoms with Crippen LogP contribution in [0.4, 0.5) is 13.2 Å². The Balaban J connectivity index is 1.94. The molecule has 0 aromatic heterocycles. The first-order valence-electron chi connectivity index (χ1n) is 7.97. The van der Waals surface area contributed by atoms with Crippen LogP contribution in [0.2, 0.25) is 0 Å². The Morgan fingerprint density at radius 3 is 2.43 bits per heavy atom. The summed E-state index contributed by atoms with van der Waals surface area (Å²) in [6.45, 7) is -0.470. The van der Waals surface area contributed by atoms with Crippen LogP contribution in [-0.4, -0.2) is 42.5 Å². The molecule has 6 heteroatoms. The van der Waals surface area contributed by atoms with Crippen LogP contribution in [0, 0.1) is 5.92 Å². The molecule has 0 aliphatic heterocycles. The lowest BCUT2D eigenvalue weighted by Gasteiger charge is -2.34. The van der Waals surface area contributed by atoms with Gasteiger partial charge in [-0.05, 0) is 44.7 Å². The summed E-state index contributed by atoms with van der Waals surface area (Å²) in [5.41, 5.74) is 0.767. The molecule has 0 radical (unpaired) electrons. The maximum Gasteiger partial charge on any atom is 0.422 e. The molecule has 1 saturated carbocycles. The van der Waals surface area contributed by atoms with Gasteiger partial charge in [-0.3, -0.25) is 4.90 Å². The SMILES string of the molecule is CN(Cc1ccccc1OCC(F)(F)F)C1CCC(CO)CC1. The van der Waals surface area contributed by atoms with Gasteiger partial charge in [-0.2, -0.15) is 13.2 Å². The fourth-order valence-corrected chi connectivity index (χ4v) is 3.10. The van der Waals surface area contributed by atoms with Crippen LogP contribution in [-0.2, 0) is 6.54 Å². The average molecular weight is 331 g/mol. The van der Waals surface area contributed by atoms with E-state index >= 15 is 0 Å². The van der Waals surface area contributed by atoms with E-state index in [4.69, 9.17) is 4.74 Å². The Hall–Kier alpha value is -1.27. The monoisotopic (exact) mass is 331 g/mol. The summed E-state index contributed by atoms with van der Waals surface area (Å²) in [6.07, 6.45) is -0.322. The zero-order valence-electron chi connectivity index (χ0n) is 13.4. The third-order valence-electron chi connectivity index (χ3n) is 4.48. The Kier molecular flexibility index (Phi) is 6.30. The van der Waals surface area contributed by atoms with Gasteiger partial charge in [-0.15, -0.1) is 0 Å². The number of hydrogen-bond donors (Lipinski definition) is 1. The van der Waals surface area contributed by atoms with Crippen molar-refractivity contribution in [2.75, 3.05) is 20.3 Å². The van der Waals surface area contributed by atoms with Crippen molar-refractivity contribution in [1.82, 2.24) is 4.90 Å². The molecule has 1 aromatic rings. The molecule has 1 N–H and O–H groups in total. The highest BCUT2D eigenvalue weighted by atomic mass is 19.4. The van der Waals surface area contributed by atoms with E-state index in [1.807, 2.05) is 19.2 Å². The first-order valence-corrected chi connectivity index (χ1v) is 7.97. The van der Waals surface area contributed by atoms with Crippen LogP contribution in [0.3, 0.4) is 0 Å². The summed E-state index contributed by atoms with van der Waals surface area (Å²) in [5.74, 6) is 0.683. The number of aliphatic hydroxyl groups is 1. The highest BCUT2D eigenvalue weighted by molar-refractivity contribution is 5.33. The van der Waals surface area contributed by atoms with E-state index in [-0.39, 0.29) is 6.61 Å². The lowest BCUT2D eigenvalue weighted by molar-refractivity contribution is -0.153. The number of ether oxygens (including phenoxy) is 1. The molecule has 0 heterocycles. The number of alkyl halides is 3. The van der Waals surface area contributed by atoms with Crippen molar-refractivity contribution in [2.24, 2.45) is 5.92 Å². The minimum Gasteiger partial charge on any atom is -0.484 e. The molecule has 130 valence electrons. The molecule has 1 aliphatic carbocycles. The third-order valence-corrected chi connectivity index (χ3v) is 4.48. The first-order chi connectivity index (χ1) is 10.9. The Labute approximate surface area is 135 Å². The number of benzene rings is 1. The van der Waals surface area contributed by atoms with E-state index in [1.165, 1.54) is 0 Å². The van der Waals surface area contributed by atoms with Crippen molar-refractivity contribution in [3.63, 3.8) is 0 Å². The number of rotatable bonds is 6. The highest BCUT2D eigenvalue weighted by Crippen LogP contribution is 2.29. The van der Waals surface area contributed by atoms with Gasteiger partial charge in [0.1, 0.15) is 5.75 Å². The van der Waals surface area contributed by atoms with Crippen molar-refractivity contribution < 1.29 is 23.0 Å². The second kappa shape index (κ2) is 8.02. The smallest absolute Gasteiger partial charge is 0.422 e. The predicted molar refractivity (Wildman–Crippen MR) is 82.3 cm³/mol.